The quantitative estimate of drug-likeness (QED) is 0.782. The fraction of sp³-hybridized carbons (Fsp3) is 0.154. The zero-order valence-corrected chi connectivity index (χ0v) is 11.4. The van der Waals surface area contributed by atoms with Crippen LogP contribution < -0.4 is 5.32 Å². The molecule has 3 N–H and O–H groups in total. The molecule has 0 fully saturated rings. The summed E-state index contributed by atoms with van der Waals surface area (Å²) < 4.78 is 13.7. The Hall–Kier alpha value is -2.41. The first kappa shape index (κ1) is 15.0. The summed E-state index contributed by atoms with van der Waals surface area (Å²) in [6.07, 6.45) is 2.85. The Morgan fingerprint density at radius 2 is 2.24 bits per heavy atom. The summed E-state index contributed by atoms with van der Waals surface area (Å²) in [5.41, 5.74) is 0.229. The van der Waals surface area contributed by atoms with Crippen molar-refractivity contribution in [2.24, 2.45) is 0 Å². The Morgan fingerprint density at radius 3 is 2.86 bits per heavy atom. The van der Waals surface area contributed by atoms with E-state index in [4.69, 9.17) is 16.7 Å². The lowest BCUT2D eigenvalue weighted by Crippen LogP contribution is -2.42. The first-order chi connectivity index (χ1) is 9.99. The molecular formula is C13H11ClFN3O3. The summed E-state index contributed by atoms with van der Waals surface area (Å²) in [5, 5.41) is 11.2. The van der Waals surface area contributed by atoms with Crippen LogP contribution in [-0.2, 0) is 11.2 Å². The molecule has 6 nitrogen and oxygen atoms in total. The number of aromatic amines is 1. The molecule has 2 rings (SSSR count). The third kappa shape index (κ3) is 3.57. The third-order valence-electron chi connectivity index (χ3n) is 2.78. The van der Waals surface area contributed by atoms with Crippen molar-refractivity contribution in [2.75, 3.05) is 0 Å². The zero-order valence-electron chi connectivity index (χ0n) is 10.6. The molecule has 1 amide bonds. The van der Waals surface area contributed by atoms with E-state index >= 15 is 0 Å². The first-order valence-corrected chi connectivity index (χ1v) is 6.31. The number of aromatic nitrogens is 2. The number of halogens is 2. The molecule has 0 aliphatic heterocycles. The number of carboxylic acids is 1. The highest BCUT2D eigenvalue weighted by Gasteiger charge is 2.23. The van der Waals surface area contributed by atoms with Gasteiger partial charge >= 0.3 is 5.97 Å². The average Bonchev–Trinajstić information content (AvgIpc) is 2.93. The molecule has 0 aliphatic carbocycles. The van der Waals surface area contributed by atoms with Crippen LogP contribution in [0, 0.1) is 5.82 Å². The van der Waals surface area contributed by atoms with Crippen LogP contribution in [0.3, 0.4) is 0 Å². The number of rotatable bonds is 5. The smallest absolute Gasteiger partial charge is 0.326 e. The lowest BCUT2D eigenvalue weighted by Gasteiger charge is -2.14. The van der Waals surface area contributed by atoms with Crippen LogP contribution in [0.1, 0.15) is 16.1 Å². The minimum Gasteiger partial charge on any atom is -0.480 e. The van der Waals surface area contributed by atoms with E-state index in [2.05, 4.69) is 15.3 Å². The minimum absolute atomic E-state index is 0.00323. The van der Waals surface area contributed by atoms with E-state index in [-0.39, 0.29) is 17.0 Å². The molecule has 21 heavy (non-hydrogen) atoms. The number of carboxylic acid groups (broad SMARTS) is 1. The molecule has 0 saturated carbocycles. The van der Waals surface area contributed by atoms with Crippen molar-refractivity contribution in [3.63, 3.8) is 0 Å². The Bertz CT molecular complexity index is 661. The summed E-state index contributed by atoms with van der Waals surface area (Å²) in [6, 6.07) is 2.72. The molecule has 0 aliphatic rings. The Labute approximate surface area is 124 Å². The fourth-order valence-corrected chi connectivity index (χ4v) is 1.91. The van der Waals surface area contributed by atoms with E-state index in [0.29, 0.717) is 5.69 Å². The number of nitrogens with one attached hydrogen (secondary N) is 2. The van der Waals surface area contributed by atoms with Crippen LogP contribution in [0.2, 0.25) is 5.02 Å². The number of aliphatic carboxylic acids is 1. The number of hydrogen-bond acceptors (Lipinski definition) is 3. The largest absolute Gasteiger partial charge is 0.480 e. The van der Waals surface area contributed by atoms with Gasteiger partial charge in [-0.3, -0.25) is 4.79 Å². The van der Waals surface area contributed by atoms with Gasteiger partial charge in [0, 0.05) is 18.3 Å². The Morgan fingerprint density at radius 1 is 1.48 bits per heavy atom. The number of carbonyl (C=O) groups excluding carboxylic acids is 1. The molecule has 1 aromatic heterocycles. The standard InChI is InChI=1S/C13H11ClFN3O3/c14-9-3-1-2-8(11(9)15)12(19)18-10(13(20)21)4-7-5-16-6-17-7/h1-3,5-6,10H,4H2,(H,16,17)(H,18,19)(H,20,21)/t10-/m0/s1. The van der Waals surface area contributed by atoms with Crippen molar-refractivity contribution in [3.8, 4) is 0 Å². The number of carbonyl (C=O) groups is 2. The van der Waals surface area contributed by atoms with Crippen LogP contribution in [0.5, 0.6) is 0 Å². The number of nitrogens with zero attached hydrogens (tertiary/aromatic N) is 1. The van der Waals surface area contributed by atoms with E-state index in [1.54, 1.807) is 0 Å². The number of hydrogen-bond donors (Lipinski definition) is 3. The fourth-order valence-electron chi connectivity index (χ4n) is 1.73. The van der Waals surface area contributed by atoms with Gasteiger partial charge in [0.15, 0.2) is 5.82 Å². The predicted molar refractivity (Wildman–Crippen MR) is 72.6 cm³/mol. The van der Waals surface area contributed by atoms with Gasteiger partial charge in [-0.2, -0.15) is 0 Å². The number of imidazole rings is 1. The van der Waals surface area contributed by atoms with Gasteiger partial charge in [0.05, 0.1) is 16.9 Å². The molecule has 0 spiro atoms. The van der Waals surface area contributed by atoms with Crippen LogP contribution >= 0.6 is 11.6 Å². The van der Waals surface area contributed by atoms with Gasteiger partial charge < -0.3 is 15.4 Å². The van der Waals surface area contributed by atoms with Crippen molar-refractivity contribution in [1.29, 1.82) is 0 Å². The topological polar surface area (TPSA) is 95.1 Å². The monoisotopic (exact) mass is 311 g/mol. The second-order valence-corrected chi connectivity index (χ2v) is 4.65. The average molecular weight is 312 g/mol. The van der Waals surface area contributed by atoms with Gasteiger partial charge in [-0.05, 0) is 12.1 Å². The highest BCUT2D eigenvalue weighted by Crippen LogP contribution is 2.17. The molecule has 0 saturated heterocycles. The molecule has 1 atom stereocenters. The molecule has 2 aromatic rings. The van der Waals surface area contributed by atoms with Gasteiger partial charge in [0.2, 0.25) is 0 Å². The third-order valence-corrected chi connectivity index (χ3v) is 3.07. The molecule has 0 unspecified atom stereocenters. The van der Waals surface area contributed by atoms with Gasteiger partial charge in [-0.1, -0.05) is 17.7 Å². The van der Waals surface area contributed by atoms with E-state index in [1.807, 2.05) is 0 Å². The molecule has 0 radical (unpaired) electrons. The zero-order chi connectivity index (χ0) is 15.4. The molecule has 8 heteroatoms. The summed E-state index contributed by atoms with van der Waals surface area (Å²) in [4.78, 5) is 29.6. The maximum Gasteiger partial charge on any atom is 0.326 e. The van der Waals surface area contributed by atoms with Crippen molar-refractivity contribution in [3.05, 3.63) is 52.8 Å². The second-order valence-electron chi connectivity index (χ2n) is 4.25. The highest BCUT2D eigenvalue weighted by molar-refractivity contribution is 6.31. The van der Waals surface area contributed by atoms with Crippen molar-refractivity contribution >= 4 is 23.5 Å². The summed E-state index contributed by atoms with van der Waals surface area (Å²) in [7, 11) is 0. The molecule has 1 heterocycles. The summed E-state index contributed by atoms with van der Waals surface area (Å²) in [6.45, 7) is 0. The second kappa shape index (κ2) is 6.36. The summed E-state index contributed by atoms with van der Waals surface area (Å²) >= 11 is 5.59. The van der Waals surface area contributed by atoms with E-state index in [1.165, 1.54) is 30.7 Å². The number of benzene rings is 1. The predicted octanol–water partition coefficient (Wildman–Crippen LogP) is 1.63. The van der Waals surface area contributed by atoms with Crippen molar-refractivity contribution in [1.82, 2.24) is 15.3 Å². The molecule has 1 aromatic carbocycles. The SMILES string of the molecule is O=C(N[C@@H](Cc1cnc[nH]1)C(=O)O)c1cccc(Cl)c1F. The van der Waals surface area contributed by atoms with Gasteiger partial charge in [-0.15, -0.1) is 0 Å². The molecule has 110 valence electrons. The van der Waals surface area contributed by atoms with E-state index in [9.17, 15) is 14.0 Å². The maximum absolute atomic E-state index is 13.7. The highest BCUT2D eigenvalue weighted by atomic mass is 35.5. The lowest BCUT2D eigenvalue weighted by atomic mass is 10.1. The van der Waals surface area contributed by atoms with Crippen LogP contribution in [0.15, 0.2) is 30.7 Å². The first-order valence-electron chi connectivity index (χ1n) is 5.94. The number of amides is 1. The van der Waals surface area contributed by atoms with Crippen LogP contribution in [0.25, 0.3) is 0 Å². The summed E-state index contributed by atoms with van der Waals surface area (Å²) in [5.74, 6) is -2.97. The van der Waals surface area contributed by atoms with Gasteiger partial charge in [0.25, 0.3) is 5.91 Å². The molecule has 0 bridgehead atoms. The van der Waals surface area contributed by atoms with Gasteiger partial charge in [-0.25, -0.2) is 14.2 Å². The van der Waals surface area contributed by atoms with E-state index < -0.39 is 23.7 Å². The minimum atomic E-state index is -1.24. The van der Waals surface area contributed by atoms with Crippen LogP contribution in [0.4, 0.5) is 4.39 Å². The van der Waals surface area contributed by atoms with Crippen LogP contribution in [-0.4, -0.2) is 33.0 Å². The maximum atomic E-state index is 13.7. The lowest BCUT2D eigenvalue weighted by molar-refractivity contribution is -0.139. The Balaban J connectivity index is 2.15. The molecular weight excluding hydrogens is 301 g/mol. The Kier molecular flexibility index (Phi) is 4.54. The van der Waals surface area contributed by atoms with Crippen molar-refractivity contribution < 1.29 is 19.1 Å². The number of H-pyrrole nitrogens is 1. The van der Waals surface area contributed by atoms with Gasteiger partial charge in [0.1, 0.15) is 6.04 Å². The normalized spacial score (nSPS) is 11.9. The van der Waals surface area contributed by atoms with Crippen molar-refractivity contribution in [2.45, 2.75) is 12.5 Å². The van der Waals surface area contributed by atoms with E-state index in [0.717, 1.165) is 0 Å².